The van der Waals surface area contributed by atoms with Crippen molar-refractivity contribution in [3.05, 3.63) is 58.1 Å². The summed E-state index contributed by atoms with van der Waals surface area (Å²) in [6.07, 6.45) is -0.0971. The van der Waals surface area contributed by atoms with Gasteiger partial charge in [-0.2, -0.15) is 0 Å². The minimum absolute atomic E-state index is 0.0971. The van der Waals surface area contributed by atoms with E-state index in [1.807, 2.05) is 31.2 Å². The maximum absolute atomic E-state index is 5.92. The predicted octanol–water partition coefficient (Wildman–Crippen LogP) is 4.72. The van der Waals surface area contributed by atoms with E-state index in [1.165, 1.54) is 0 Å². The van der Waals surface area contributed by atoms with E-state index in [2.05, 4.69) is 0 Å². The average molecular weight is 282 g/mol. The summed E-state index contributed by atoms with van der Waals surface area (Å²) in [5.41, 5.74) is 7.42. The van der Waals surface area contributed by atoms with Gasteiger partial charge in [0.25, 0.3) is 0 Å². The summed E-state index contributed by atoms with van der Waals surface area (Å²) in [7, 11) is 0. The van der Waals surface area contributed by atoms with E-state index < -0.39 is 0 Å². The van der Waals surface area contributed by atoms with Crippen molar-refractivity contribution in [3.8, 4) is 5.75 Å². The van der Waals surface area contributed by atoms with E-state index in [0.717, 1.165) is 11.3 Å². The second-order valence-electron chi connectivity index (χ2n) is 4.03. The lowest BCUT2D eigenvalue weighted by Crippen LogP contribution is -2.03. The number of rotatable bonds is 3. The highest BCUT2D eigenvalue weighted by molar-refractivity contribution is 6.34. The van der Waals surface area contributed by atoms with E-state index in [9.17, 15) is 0 Å². The monoisotopic (exact) mass is 281 g/mol. The molecule has 0 fully saturated rings. The molecule has 0 amide bonds. The molecule has 0 radical (unpaired) electrons. The van der Waals surface area contributed by atoms with Crippen LogP contribution in [0.1, 0.15) is 18.6 Å². The van der Waals surface area contributed by atoms with Crippen LogP contribution in [0.2, 0.25) is 10.0 Å². The lowest BCUT2D eigenvalue weighted by atomic mass is 10.1. The molecule has 94 valence electrons. The summed E-state index contributed by atoms with van der Waals surface area (Å²) in [5, 5.41) is 1.11. The normalized spacial score (nSPS) is 12.2. The first-order chi connectivity index (χ1) is 8.54. The van der Waals surface area contributed by atoms with Crippen LogP contribution in [0, 0.1) is 0 Å². The molecule has 0 spiro atoms. The van der Waals surface area contributed by atoms with Gasteiger partial charge in [-0.3, -0.25) is 0 Å². The van der Waals surface area contributed by atoms with Gasteiger partial charge in [-0.05, 0) is 42.8 Å². The van der Waals surface area contributed by atoms with Crippen LogP contribution in [0.5, 0.6) is 5.75 Å². The Morgan fingerprint density at radius 2 is 1.56 bits per heavy atom. The highest BCUT2D eigenvalue weighted by Crippen LogP contribution is 2.28. The van der Waals surface area contributed by atoms with Crippen molar-refractivity contribution in [2.24, 2.45) is 0 Å². The van der Waals surface area contributed by atoms with Gasteiger partial charge in [-0.1, -0.05) is 35.3 Å². The molecule has 2 N–H and O–H groups in total. The summed E-state index contributed by atoms with van der Waals surface area (Å²) in [4.78, 5) is 0. The van der Waals surface area contributed by atoms with Crippen molar-refractivity contribution in [1.82, 2.24) is 0 Å². The highest BCUT2D eigenvalue weighted by atomic mass is 35.5. The maximum atomic E-state index is 5.92. The third-order valence-electron chi connectivity index (χ3n) is 2.55. The van der Waals surface area contributed by atoms with Gasteiger partial charge in [0.15, 0.2) is 0 Å². The zero-order valence-electron chi connectivity index (χ0n) is 9.86. The molecule has 0 heterocycles. The molecule has 0 aliphatic heterocycles. The molecule has 0 saturated carbocycles. The Morgan fingerprint density at radius 3 is 2.11 bits per heavy atom. The second-order valence-corrected chi connectivity index (χ2v) is 4.90. The number of halogens is 2. The Balaban J connectivity index is 2.15. The van der Waals surface area contributed by atoms with Crippen molar-refractivity contribution in [2.75, 3.05) is 5.73 Å². The zero-order valence-corrected chi connectivity index (χ0v) is 11.4. The lowest BCUT2D eigenvalue weighted by Gasteiger charge is -2.15. The van der Waals surface area contributed by atoms with Gasteiger partial charge in [0.1, 0.15) is 11.9 Å². The number of anilines is 1. The largest absolute Gasteiger partial charge is 0.486 e. The van der Waals surface area contributed by atoms with Gasteiger partial charge in [0.2, 0.25) is 0 Å². The average Bonchev–Trinajstić information content (AvgIpc) is 2.28. The zero-order chi connectivity index (χ0) is 13.1. The Labute approximate surface area is 116 Å². The van der Waals surface area contributed by atoms with Gasteiger partial charge in [0, 0.05) is 15.7 Å². The Morgan fingerprint density at radius 1 is 1.00 bits per heavy atom. The molecular formula is C14H13Cl2NO. The molecule has 1 atom stereocenters. The van der Waals surface area contributed by atoms with E-state index in [-0.39, 0.29) is 6.10 Å². The lowest BCUT2D eigenvalue weighted by molar-refractivity contribution is 0.227. The van der Waals surface area contributed by atoms with Crippen LogP contribution in [0.15, 0.2) is 42.5 Å². The van der Waals surface area contributed by atoms with Crippen molar-refractivity contribution >= 4 is 28.9 Å². The summed E-state index contributed by atoms with van der Waals surface area (Å²) in [6, 6.07) is 12.7. The molecule has 0 saturated heterocycles. The summed E-state index contributed by atoms with van der Waals surface area (Å²) in [5.74, 6) is 0.650. The van der Waals surface area contributed by atoms with Crippen LogP contribution in [-0.4, -0.2) is 0 Å². The summed E-state index contributed by atoms with van der Waals surface area (Å²) >= 11 is 11.8. The molecule has 0 bridgehead atoms. The molecule has 2 rings (SSSR count). The molecule has 4 heteroatoms. The number of nitrogens with two attached hydrogens (primary N) is 1. The molecular weight excluding hydrogens is 269 g/mol. The fraction of sp³-hybridized carbons (Fsp3) is 0.143. The van der Waals surface area contributed by atoms with Crippen molar-refractivity contribution < 1.29 is 4.74 Å². The van der Waals surface area contributed by atoms with Crippen LogP contribution in [0.3, 0.4) is 0 Å². The van der Waals surface area contributed by atoms with E-state index in [1.54, 1.807) is 18.2 Å². The number of benzene rings is 2. The third-order valence-corrected chi connectivity index (χ3v) is 2.99. The van der Waals surface area contributed by atoms with Crippen LogP contribution >= 0.6 is 23.2 Å². The minimum atomic E-state index is -0.0971. The number of hydrogen-bond acceptors (Lipinski definition) is 2. The van der Waals surface area contributed by atoms with Gasteiger partial charge in [-0.15, -0.1) is 0 Å². The van der Waals surface area contributed by atoms with Gasteiger partial charge in [-0.25, -0.2) is 0 Å². The first-order valence-electron chi connectivity index (χ1n) is 5.53. The smallest absolute Gasteiger partial charge is 0.123 e. The first kappa shape index (κ1) is 13.1. The highest BCUT2D eigenvalue weighted by Gasteiger charge is 2.08. The number of ether oxygens (including phenoxy) is 1. The maximum Gasteiger partial charge on any atom is 0.123 e. The van der Waals surface area contributed by atoms with Crippen molar-refractivity contribution in [2.45, 2.75) is 13.0 Å². The Kier molecular flexibility index (Phi) is 4.00. The number of hydrogen-bond donors (Lipinski definition) is 1. The Hall–Kier alpha value is -1.38. The van der Waals surface area contributed by atoms with E-state index in [0.29, 0.717) is 15.8 Å². The van der Waals surface area contributed by atoms with Crippen LogP contribution in [0.4, 0.5) is 5.69 Å². The van der Waals surface area contributed by atoms with E-state index in [4.69, 9.17) is 33.7 Å². The fourth-order valence-corrected chi connectivity index (χ4v) is 2.14. The first-order valence-corrected chi connectivity index (χ1v) is 6.28. The predicted molar refractivity (Wildman–Crippen MR) is 76.4 cm³/mol. The standard InChI is InChI=1S/C14H13Cl2NO/c1-9(10-2-4-13(17)5-3-10)18-14-7-11(15)6-12(16)8-14/h2-9H,17H2,1H3. The molecule has 1 unspecified atom stereocenters. The number of nitrogen functional groups attached to an aromatic ring is 1. The van der Waals surface area contributed by atoms with Crippen LogP contribution in [0.25, 0.3) is 0 Å². The van der Waals surface area contributed by atoms with Crippen molar-refractivity contribution in [3.63, 3.8) is 0 Å². The minimum Gasteiger partial charge on any atom is -0.486 e. The molecule has 0 aliphatic rings. The molecule has 0 aliphatic carbocycles. The van der Waals surface area contributed by atoms with Gasteiger partial charge < -0.3 is 10.5 Å². The SMILES string of the molecule is CC(Oc1cc(Cl)cc(Cl)c1)c1ccc(N)cc1. The van der Waals surface area contributed by atoms with Gasteiger partial charge in [0.05, 0.1) is 0 Å². The summed E-state index contributed by atoms with van der Waals surface area (Å²) < 4.78 is 5.79. The molecule has 2 nitrogen and oxygen atoms in total. The van der Waals surface area contributed by atoms with Crippen LogP contribution < -0.4 is 10.5 Å². The van der Waals surface area contributed by atoms with Crippen LogP contribution in [-0.2, 0) is 0 Å². The summed E-state index contributed by atoms with van der Waals surface area (Å²) in [6.45, 7) is 1.96. The topological polar surface area (TPSA) is 35.2 Å². The molecule has 0 aromatic heterocycles. The van der Waals surface area contributed by atoms with Crippen molar-refractivity contribution in [1.29, 1.82) is 0 Å². The van der Waals surface area contributed by atoms with Gasteiger partial charge >= 0.3 is 0 Å². The Bertz CT molecular complexity index is 520. The third kappa shape index (κ3) is 3.31. The molecule has 2 aromatic rings. The van der Waals surface area contributed by atoms with E-state index >= 15 is 0 Å². The fourth-order valence-electron chi connectivity index (χ4n) is 1.64. The quantitative estimate of drug-likeness (QED) is 0.827. The molecule has 2 aromatic carbocycles. The molecule has 18 heavy (non-hydrogen) atoms. The second kappa shape index (κ2) is 5.51.